The van der Waals surface area contributed by atoms with Crippen LogP contribution in [0, 0.1) is 0 Å². The van der Waals surface area contributed by atoms with Crippen molar-refractivity contribution in [3.8, 4) is 5.75 Å². The Morgan fingerprint density at radius 2 is 1.65 bits per heavy atom. The molecule has 1 atom stereocenters. The molecule has 0 heterocycles. The van der Waals surface area contributed by atoms with Crippen LogP contribution in [0.4, 0.5) is 5.69 Å². The minimum Gasteiger partial charge on any atom is -0.497 e. The van der Waals surface area contributed by atoms with E-state index in [0.717, 1.165) is 16.1 Å². The van der Waals surface area contributed by atoms with E-state index in [2.05, 4.69) is 5.32 Å². The minimum atomic E-state index is -3.76. The second-order valence-electron chi connectivity index (χ2n) is 8.38. The van der Waals surface area contributed by atoms with Gasteiger partial charge in [0, 0.05) is 12.6 Å². The summed E-state index contributed by atoms with van der Waals surface area (Å²) in [6.45, 7) is 5.43. The van der Waals surface area contributed by atoms with Crippen LogP contribution < -0.4 is 14.4 Å². The van der Waals surface area contributed by atoms with Gasteiger partial charge in [-0.1, -0.05) is 37.3 Å². The maximum Gasteiger partial charge on any atom is 0.244 e. The predicted octanol–water partition coefficient (Wildman–Crippen LogP) is 2.84. The van der Waals surface area contributed by atoms with Gasteiger partial charge in [0.25, 0.3) is 0 Å². The maximum atomic E-state index is 13.5. The molecule has 0 unspecified atom stereocenters. The van der Waals surface area contributed by atoms with Crippen LogP contribution in [0.15, 0.2) is 54.6 Å². The zero-order chi connectivity index (χ0) is 25.3. The molecule has 2 rings (SSSR count). The maximum absolute atomic E-state index is 13.5. The monoisotopic (exact) mass is 489 g/mol. The fraction of sp³-hybridized carbons (Fsp3) is 0.440. The lowest BCUT2D eigenvalue weighted by Crippen LogP contribution is -2.54. The molecule has 8 nitrogen and oxygen atoms in total. The van der Waals surface area contributed by atoms with Crippen molar-refractivity contribution in [2.75, 3.05) is 30.8 Å². The van der Waals surface area contributed by atoms with Gasteiger partial charge in [-0.25, -0.2) is 8.42 Å². The minimum absolute atomic E-state index is 0.0838. The number of anilines is 1. The van der Waals surface area contributed by atoms with Crippen LogP contribution in [-0.4, -0.2) is 63.7 Å². The number of hydrogen-bond donors (Lipinski definition) is 1. The Labute approximate surface area is 202 Å². The number of ether oxygens (including phenoxy) is 1. The van der Waals surface area contributed by atoms with Gasteiger partial charge in [0.2, 0.25) is 21.8 Å². The molecular weight excluding hydrogens is 454 g/mol. The van der Waals surface area contributed by atoms with Crippen LogP contribution in [0.3, 0.4) is 0 Å². The number of sulfonamides is 1. The number of carbonyl (C=O) groups is 2. The molecule has 0 fully saturated rings. The molecule has 0 aliphatic rings. The highest BCUT2D eigenvalue weighted by Crippen LogP contribution is 2.22. The van der Waals surface area contributed by atoms with Crippen LogP contribution in [0.25, 0.3) is 0 Å². The smallest absolute Gasteiger partial charge is 0.244 e. The number of carbonyl (C=O) groups excluding carboxylic acids is 2. The SMILES string of the molecule is CC[C@H](C(=O)NC(C)C)N(CCc1ccccc1)C(=O)CN(c1ccc(OC)cc1)S(C)(=O)=O. The lowest BCUT2D eigenvalue weighted by molar-refractivity contribution is -0.139. The van der Waals surface area contributed by atoms with Crippen molar-refractivity contribution >= 4 is 27.5 Å². The van der Waals surface area contributed by atoms with Crippen LogP contribution in [-0.2, 0) is 26.0 Å². The normalized spacial score (nSPS) is 12.2. The zero-order valence-corrected chi connectivity index (χ0v) is 21.3. The van der Waals surface area contributed by atoms with Gasteiger partial charge in [0.15, 0.2) is 0 Å². The van der Waals surface area contributed by atoms with Gasteiger partial charge in [-0.3, -0.25) is 13.9 Å². The van der Waals surface area contributed by atoms with E-state index in [1.54, 1.807) is 24.3 Å². The van der Waals surface area contributed by atoms with E-state index >= 15 is 0 Å². The first-order valence-corrected chi connectivity index (χ1v) is 13.2. The van der Waals surface area contributed by atoms with Gasteiger partial charge in [-0.2, -0.15) is 0 Å². The van der Waals surface area contributed by atoms with E-state index in [4.69, 9.17) is 4.74 Å². The summed E-state index contributed by atoms with van der Waals surface area (Å²) < 4.78 is 31.4. The average molecular weight is 490 g/mol. The van der Waals surface area contributed by atoms with E-state index in [0.29, 0.717) is 24.3 Å². The van der Waals surface area contributed by atoms with Crippen LogP contribution >= 0.6 is 0 Å². The van der Waals surface area contributed by atoms with Crippen molar-refractivity contribution in [2.24, 2.45) is 0 Å². The van der Waals surface area contributed by atoms with Crippen molar-refractivity contribution in [3.63, 3.8) is 0 Å². The van der Waals surface area contributed by atoms with Gasteiger partial charge < -0.3 is 15.0 Å². The van der Waals surface area contributed by atoms with Crippen molar-refractivity contribution in [1.29, 1.82) is 0 Å². The van der Waals surface area contributed by atoms with E-state index < -0.39 is 28.5 Å². The summed E-state index contributed by atoms with van der Waals surface area (Å²) in [5.41, 5.74) is 1.37. The molecule has 0 bridgehead atoms. The highest BCUT2D eigenvalue weighted by molar-refractivity contribution is 7.92. The quantitative estimate of drug-likeness (QED) is 0.495. The Morgan fingerprint density at radius 1 is 1.03 bits per heavy atom. The molecule has 1 N–H and O–H groups in total. The molecule has 2 amide bonds. The second-order valence-corrected chi connectivity index (χ2v) is 10.3. The van der Waals surface area contributed by atoms with E-state index in [9.17, 15) is 18.0 Å². The molecule has 0 radical (unpaired) electrons. The van der Waals surface area contributed by atoms with Gasteiger partial charge in [0.05, 0.1) is 19.1 Å². The molecule has 9 heteroatoms. The highest BCUT2D eigenvalue weighted by Gasteiger charge is 2.31. The van der Waals surface area contributed by atoms with Gasteiger partial charge >= 0.3 is 0 Å². The predicted molar refractivity (Wildman–Crippen MR) is 134 cm³/mol. The molecule has 2 aromatic rings. The molecule has 0 aliphatic carbocycles. The Bertz CT molecular complexity index is 1040. The van der Waals surface area contributed by atoms with Crippen molar-refractivity contribution < 1.29 is 22.7 Å². The summed E-state index contributed by atoms with van der Waals surface area (Å²) in [5.74, 6) is -0.124. The topological polar surface area (TPSA) is 96.0 Å². The molecule has 2 aromatic carbocycles. The Kier molecular flexibility index (Phi) is 9.92. The average Bonchev–Trinajstić information content (AvgIpc) is 2.79. The largest absolute Gasteiger partial charge is 0.497 e. The number of hydrogen-bond acceptors (Lipinski definition) is 5. The molecular formula is C25H35N3O5S. The summed E-state index contributed by atoms with van der Waals surface area (Å²) >= 11 is 0. The number of nitrogens with one attached hydrogen (secondary N) is 1. The Hall–Kier alpha value is -3.07. The first-order chi connectivity index (χ1) is 16.1. The number of amides is 2. The fourth-order valence-electron chi connectivity index (χ4n) is 3.64. The summed E-state index contributed by atoms with van der Waals surface area (Å²) in [7, 11) is -2.24. The first-order valence-electron chi connectivity index (χ1n) is 11.3. The Morgan fingerprint density at radius 3 is 2.15 bits per heavy atom. The fourth-order valence-corrected chi connectivity index (χ4v) is 4.49. The van der Waals surface area contributed by atoms with E-state index in [-0.39, 0.29) is 18.5 Å². The molecule has 186 valence electrons. The molecule has 0 spiro atoms. The van der Waals surface area contributed by atoms with Crippen LogP contribution in [0.5, 0.6) is 5.75 Å². The third-order valence-electron chi connectivity index (χ3n) is 5.34. The molecule has 0 aromatic heterocycles. The van der Waals surface area contributed by atoms with E-state index in [1.165, 1.54) is 12.0 Å². The molecule has 0 saturated heterocycles. The number of benzene rings is 2. The van der Waals surface area contributed by atoms with Gasteiger partial charge in [-0.15, -0.1) is 0 Å². The van der Waals surface area contributed by atoms with Crippen molar-refractivity contribution in [3.05, 3.63) is 60.2 Å². The summed E-state index contributed by atoms with van der Waals surface area (Å²) in [6, 6.07) is 15.3. The van der Waals surface area contributed by atoms with Crippen molar-refractivity contribution in [2.45, 2.75) is 45.7 Å². The van der Waals surface area contributed by atoms with Gasteiger partial charge in [-0.05, 0) is 56.5 Å². The van der Waals surface area contributed by atoms with Crippen LogP contribution in [0.1, 0.15) is 32.8 Å². The molecule has 0 aliphatic heterocycles. The second kappa shape index (κ2) is 12.4. The standard InChI is InChI=1S/C25H35N3O5S/c1-6-23(25(30)26-19(2)3)27(17-16-20-10-8-7-9-11-20)24(29)18-28(34(5,31)32)21-12-14-22(33-4)15-13-21/h7-15,19,23H,6,16-18H2,1-5H3,(H,26,30)/t23-/m1/s1. The lowest BCUT2D eigenvalue weighted by atomic mass is 10.1. The number of nitrogens with zero attached hydrogens (tertiary/aromatic N) is 2. The lowest BCUT2D eigenvalue weighted by Gasteiger charge is -2.33. The number of rotatable bonds is 12. The first kappa shape index (κ1) is 27.2. The van der Waals surface area contributed by atoms with Crippen molar-refractivity contribution in [1.82, 2.24) is 10.2 Å². The third-order valence-corrected chi connectivity index (χ3v) is 6.48. The Balaban J connectivity index is 2.35. The zero-order valence-electron chi connectivity index (χ0n) is 20.5. The van der Waals surface area contributed by atoms with Crippen LogP contribution in [0.2, 0.25) is 0 Å². The molecule has 34 heavy (non-hydrogen) atoms. The summed E-state index contributed by atoms with van der Waals surface area (Å²) in [5, 5.41) is 2.88. The number of methoxy groups -OCH3 is 1. The molecule has 0 saturated carbocycles. The highest BCUT2D eigenvalue weighted by atomic mass is 32.2. The third kappa shape index (κ3) is 7.76. The van der Waals surface area contributed by atoms with Gasteiger partial charge in [0.1, 0.15) is 18.3 Å². The van der Waals surface area contributed by atoms with E-state index in [1.807, 2.05) is 51.1 Å². The summed E-state index contributed by atoms with van der Waals surface area (Å²) in [4.78, 5) is 27.9. The summed E-state index contributed by atoms with van der Waals surface area (Å²) in [6.07, 6.45) is 2.00.